The summed E-state index contributed by atoms with van der Waals surface area (Å²) in [5.41, 5.74) is 6.97. The molecular weight excluding hydrogens is 294 g/mol. The standard InChI is InChI=1S/C14H19N3OS.ClH/c15-14-17-10-12(11-19-14)6-2-1-5-9-18-13-7-3-4-8-16-13;/h3-4,7-8,10H,1-2,5-6,9,11H2,(H2,15,17);1H. The number of amidine groups is 1. The van der Waals surface area contributed by atoms with E-state index in [0.717, 1.165) is 31.6 Å². The van der Waals surface area contributed by atoms with Crippen LogP contribution in [0.15, 0.2) is 41.2 Å². The summed E-state index contributed by atoms with van der Waals surface area (Å²) in [5, 5.41) is 0.674. The van der Waals surface area contributed by atoms with Crippen molar-refractivity contribution >= 4 is 29.3 Å². The van der Waals surface area contributed by atoms with Gasteiger partial charge in [0.15, 0.2) is 5.17 Å². The fourth-order valence-corrected chi connectivity index (χ4v) is 2.45. The number of nitrogens with two attached hydrogens (primary N) is 1. The number of pyridine rings is 1. The highest BCUT2D eigenvalue weighted by atomic mass is 35.5. The van der Waals surface area contributed by atoms with Gasteiger partial charge in [-0.2, -0.15) is 0 Å². The molecule has 0 bridgehead atoms. The van der Waals surface area contributed by atoms with Gasteiger partial charge in [-0.25, -0.2) is 9.98 Å². The topological polar surface area (TPSA) is 60.5 Å². The number of ether oxygens (including phenoxy) is 1. The van der Waals surface area contributed by atoms with Crippen molar-refractivity contribution < 1.29 is 4.74 Å². The van der Waals surface area contributed by atoms with E-state index >= 15 is 0 Å². The number of hydrogen-bond acceptors (Lipinski definition) is 5. The first-order valence-corrected chi connectivity index (χ1v) is 7.51. The van der Waals surface area contributed by atoms with Gasteiger partial charge >= 0.3 is 0 Å². The summed E-state index contributed by atoms with van der Waals surface area (Å²) < 4.78 is 5.54. The summed E-state index contributed by atoms with van der Waals surface area (Å²) >= 11 is 1.62. The molecule has 110 valence electrons. The first-order chi connectivity index (χ1) is 9.34. The summed E-state index contributed by atoms with van der Waals surface area (Å²) in [6.07, 6.45) is 8.15. The normalized spacial score (nSPS) is 14.0. The molecule has 2 rings (SSSR count). The second-order valence-corrected chi connectivity index (χ2v) is 5.37. The number of hydrogen-bond donors (Lipinski definition) is 1. The van der Waals surface area contributed by atoms with Crippen molar-refractivity contribution in [3.05, 3.63) is 36.2 Å². The average molecular weight is 314 g/mol. The van der Waals surface area contributed by atoms with Crippen molar-refractivity contribution in [2.75, 3.05) is 12.4 Å². The summed E-state index contributed by atoms with van der Waals surface area (Å²) in [7, 11) is 0. The monoisotopic (exact) mass is 313 g/mol. The first-order valence-electron chi connectivity index (χ1n) is 6.52. The number of nitrogens with zero attached hydrogens (tertiary/aromatic N) is 2. The second-order valence-electron chi connectivity index (χ2n) is 4.37. The zero-order chi connectivity index (χ0) is 13.3. The Balaban J connectivity index is 0.00000200. The van der Waals surface area contributed by atoms with Crippen LogP contribution in [0.4, 0.5) is 0 Å². The smallest absolute Gasteiger partial charge is 0.213 e. The highest BCUT2D eigenvalue weighted by Gasteiger charge is 2.05. The second kappa shape index (κ2) is 9.66. The molecule has 1 aliphatic rings. The van der Waals surface area contributed by atoms with E-state index in [1.54, 1.807) is 18.0 Å². The van der Waals surface area contributed by atoms with E-state index in [1.165, 1.54) is 12.0 Å². The number of halogens is 1. The maximum atomic E-state index is 5.59. The van der Waals surface area contributed by atoms with Crippen molar-refractivity contribution in [2.45, 2.75) is 25.7 Å². The van der Waals surface area contributed by atoms with Crippen molar-refractivity contribution in [1.29, 1.82) is 0 Å². The molecule has 6 heteroatoms. The number of aromatic nitrogens is 1. The summed E-state index contributed by atoms with van der Waals surface area (Å²) in [6.45, 7) is 0.732. The van der Waals surface area contributed by atoms with Crippen LogP contribution >= 0.6 is 24.2 Å². The molecule has 0 fully saturated rings. The molecule has 1 aromatic heterocycles. The van der Waals surface area contributed by atoms with Crippen LogP contribution in [-0.2, 0) is 0 Å². The van der Waals surface area contributed by atoms with E-state index in [4.69, 9.17) is 10.5 Å². The lowest BCUT2D eigenvalue weighted by atomic mass is 10.1. The molecule has 0 unspecified atom stereocenters. The fourth-order valence-electron chi connectivity index (χ4n) is 1.77. The van der Waals surface area contributed by atoms with Gasteiger partial charge in [0, 0.05) is 24.2 Å². The molecule has 0 amide bonds. The quantitative estimate of drug-likeness (QED) is 0.784. The van der Waals surface area contributed by atoms with E-state index in [1.807, 2.05) is 24.4 Å². The number of thioether (sulfide) groups is 1. The van der Waals surface area contributed by atoms with Gasteiger partial charge in [-0.3, -0.25) is 0 Å². The average Bonchev–Trinajstić information content (AvgIpc) is 2.46. The Kier molecular flexibility index (Phi) is 8.14. The molecule has 0 atom stereocenters. The van der Waals surface area contributed by atoms with Crippen molar-refractivity contribution in [1.82, 2.24) is 4.98 Å². The third-order valence-electron chi connectivity index (χ3n) is 2.81. The van der Waals surface area contributed by atoms with Gasteiger partial charge in [0.05, 0.1) is 6.61 Å². The molecule has 0 aromatic carbocycles. The van der Waals surface area contributed by atoms with E-state index in [9.17, 15) is 0 Å². The summed E-state index contributed by atoms with van der Waals surface area (Å²) in [4.78, 5) is 8.24. The molecule has 4 nitrogen and oxygen atoms in total. The Bertz CT molecular complexity index is 451. The molecule has 1 aromatic rings. The Labute approximate surface area is 130 Å². The lowest BCUT2D eigenvalue weighted by Gasteiger charge is -2.10. The molecule has 2 N–H and O–H groups in total. The Morgan fingerprint density at radius 2 is 2.15 bits per heavy atom. The Hall–Kier alpha value is -1.20. The molecule has 0 aliphatic carbocycles. The predicted molar refractivity (Wildman–Crippen MR) is 87.6 cm³/mol. The summed E-state index contributed by atoms with van der Waals surface area (Å²) in [5.74, 6) is 1.69. The minimum Gasteiger partial charge on any atom is -0.478 e. The number of rotatable bonds is 7. The van der Waals surface area contributed by atoms with Crippen LogP contribution in [0, 0.1) is 0 Å². The third-order valence-corrected chi connectivity index (χ3v) is 3.73. The van der Waals surface area contributed by atoms with Crippen LogP contribution in [0.1, 0.15) is 25.7 Å². The van der Waals surface area contributed by atoms with Crippen LogP contribution in [0.25, 0.3) is 0 Å². The first kappa shape index (κ1) is 16.9. The molecule has 20 heavy (non-hydrogen) atoms. The van der Waals surface area contributed by atoms with Crippen LogP contribution in [-0.4, -0.2) is 22.5 Å². The minimum atomic E-state index is 0. The van der Waals surface area contributed by atoms with Crippen molar-refractivity contribution in [3.8, 4) is 5.88 Å². The summed E-state index contributed by atoms with van der Waals surface area (Å²) in [6, 6.07) is 5.70. The number of aliphatic imine (C=N–C) groups is 1. The Morgan fingerprint density at radius 3 is 2.85 bits per heavy atom. The van der Waals surface area contributed by atoms with Crippen molar-refractivity contribution in [3.63, 3.8) is 0 Å². The zero-order valence-corrected chi connectivity index (χ0v) is 13.0. The van der Waals surface area contributed by atoms with Gasteiger partial charge in [0.25, 0.3) is 0 Å². The molecule has 2 heterocycles. The third kappa shape index (κ3) is 6.30. The van der Waals surface area contributed by atoms with Crippen LogP contribution < -0.4 is 10.5 Å². The van der Waals surface area contributed by atoms with E-state index in [2.05, 4.69) is 9.98 Å². The molecule has 0 saturated heterocycles. The SMILES string of the molecule is Cl.NC1=NC=C(CCCCCOc2ccccn2)CS1. The van der Waals surface area contributed by atoms with Gasteiger partial charge in [-0.15, -0.1) is 12.4 Å². The lowest BCUT2D eigenvalue weighted by Crippen LogP contribution is -2.10. The number of unbranched alkanes of at least 4 members (excludes halogenated alkanes) is 2. The molecular formula is C14H20ClN3OS. The molecule has 0 radical (unpaired) electrons. The molecule has 0 saturated carbocycles. The van der Waals surface area contributed by atoms with Crippen LogP contribution in [0.3, 0.4) is 0 Å². The van der Waals surface area contributed by atoms with Crippen molar-refractivity contribution in [2.24, 2.45) is 10.7 Å². The largest absolute Gasteiger partial charge is 0.478 e. The molecule has 0 spiro atoms. The van der Waals surface area contributed by atoms with Gasteiger partial charge in [0.1, 0.15) is 0 Å². The zero-order valence-electron chi connectivity index (χ0n) is 11.3. The predicted octanol–water partition coefficient (Wildman–Crippen LogP) is 3.39. The Morgan fingerprint density at radius 1 is 1.25 bits per heavy atom. The van der Waals surface area contributed by atoms with E-state index in [0.29, 0.717) is 11.0 Å². The van der Waals surface area contributed by atoms with Gasteiger partial charge in [-0.05, 0) is 37.3 Å². The van der Waals surface area contributed by atoms with E-state index < -0.39 is 0 Å². The van der Waals surface area contributed by atoms with Gasteiger partial charge in [0.2, 0.25) is 5.88 Å². The van der Waals surface area contributed by atoms with Crippen LogP contribution in [0.5, 0.6) is 5.88 Å². The molecule has 1 aliphatic heterocycles. The van der Waals surface area contributed by atoms with E-state index in [-0.39, 0.29) is 12.4 Å². The maximum Gasteiger partial charge on any atom is 0.213 e. The van der Waals surface area contributed by atoms with Gasteiger partial charge in [-0.1, -0.05) is 17.8 Å². The highest BCUT2D eigenvalue weighted by molar-refractivity contribution is 8.14. The fraction of sp³-hybridized carbons (Fsp3) is 0.429. The highest BCUT2D eigenvalue weighted by Crippen LogP contribution is 2.19. The maximum absolute atomic E-state index is 5.59. The lowest BCUT2D eigenvalue weighted by molar-refractivity contribution is 0.294. The minimum absolute atomic E-state index is 0. The van der Waals surface area contributed by atoms with Crippen LogP contribution in [0.2, 0.25) is 0 Å². The van der Waals surface area contributed by atoms with Gasteiger partial charge < -0.3 is 10.5 Å².